The standard InChI is InChI=1S/C16H15BrFN3O3/c17-11-2-1-10-3-7-21(14(16(23)24)12(10)9-11)15(22)13-4-6-20(19-13)8-5-18/h1-2,4,6,9,14H,3,5,7-8H2,(H,23,24). The van der Waals surface area contributed by atoms with Crippen molar-refractivity contribution in [3.63, 3.8) is 0 Å². The van der Waals surface area contributed by atoms with E-state index in [2.05, 4.69) is 21.0 Å². The number of carbonyl (C=O) groups is 2. The first-order valence-corrected chi connectivity index (χ1v) is 8.22. The predicted octanol–water partition coefficient (Wildman–Crippen LogP) is 2.44. The van der Waals surface area contributed by atoms with E-state index in [1.54, 1.807) is 6.07 Å². The Morgan fingerprint density at radius 2 is 2.17 bits per heavy atom. The van der Waals surface area contributed by atoms with E-state index in [9.17, 15) is 19.1 Å². The molecule has 126 valence electrons. The SMILES string of the molecule is O=C(O)C1c2cc(Br)ccc2CCN1C(=O)c1ccn(CCF)n1. The smallest absolute Gasteiger partial charge is 0.331 e. The van der Waals surface area contributed by atoms with Crippen LogP contribution in [0, 0.1) is 0 Å². The molecular formula is C16H15BrFN3O3. The number of fused-ring (bicyclic) bond motifs is 1. The Morgan fingerprint density at radius 1 is 1.38 bits per heavy atom. The maximum Gasteiger partial charge on any atom is 0.331 e. The summed E-state index contributed by atoms with van der Waals surface area (Å²) < 4.78 is 14.5. The van der Waals surface area contributed by atoms with Crippen molar-refractivity contribution < 1.29 is 19.1 Å². The Balaban J connectivity index is 1.94. The zero-order chi connectivity index (χ0) is 17.3. The van der Waals surface area contributed by atoms with Crippen molar-refractivity contribution >= 4 is 27.8 Å². The van der Waals surface area contributed by atoms with E-state index >= 15 is 0 Å². The molecule has 2 aromatic rings. The maximum absolute atomic E-state index is 12.7. The quantitative estimate of drug-likeness (QED) is 0.862. The number of benzene rings is 1. The first-order chi connectivity index (χ1) is 11.5. The first kappa shape index (κ1) is 16.6. The second-order valence-electron chi connectivity index (χ2n) is 5.49. The van der Waals surface area contributed by atoms with Crippen LogP contribution in [0.2, 0.25) is 0 Å². The topological polar surface area (TPSA) is 75.4 Å². The second kappa shape index (κ2) is 6.72. The van der Waals surface area contributed by atoms with Crippen molar-refractivity contribution in [2.75, 3.05) is 13.2 Å². The molecule has 1 unspecified atom stereocenters. The molecule has 6 nitrogen and oxygen atoms in total. The average Bonchev–Trinajstić information content (AvgIpc) is 3.01. The van der Waals surface area contributed by atoms with Gasteiger partial charge in [-0.25, -0.2) is 9.18 Å². The van der Waals surface area contributed by atoms with Crippen LogP contribution < -0.4 is 0 Å². The van der Waals surface area contributed by atoms with E-state index in [0.717, 1.165) is 10.0 Å². The van der Waals surface area contributed by atoms with Crippen LogP contribution in [0.1, 0.15) is 27.7 Å². The third-order valence-corrected chi connectivity index (χ3v) is 4.50. The normalized spacial score (nSPS) is 16.8. The lowest BCUT2D eigenvalue weighted by Gasteiger charge is -2.34. The van der Waals surface area contributed by atoms with E-state index in [1.807, 2.05) is 12.1 Å². The average molecular weight is 396 g/mol. The molecule has 2 heterocycles. The summed E-state index contributed by atoms with van der Waals surface area (Å²) in [6.45, 7) is -0.232. The van der Waals surface area contributed by atoms with Crippen molar-refractivity contribution in [1.82, 2.24) is 14.7 Å². The number of aromatic nitrogens is 2. The monoisotopic (exact) mass is 395 g/mol. The first-order valence-electron chi connectivity index (χ1n) is 7.43. The van der Waals surface area contributed by atoms with Gasteiger partial charge in [0.05, 0.1) is 6.54 Å². The van der Waals surface area contributed by atoms with E-state index in [1.165, 1.54) is 21.8 Å². The number of carboxylic acids is 1. The minimum absolute atomic E-state index is 0.0609. The summed E-state index contributed by atoms with van der Waals surface area (Å²) in [5, 5.41) is 13.7. The Bertz CT molecular complexity index is 793. The Hall–Kier alpha value is -2.22. The zero-order valence-electron chi connectivity index (χ0n) is 12.7. The molecule has 0 saturated carbocycles. The summed E-state index contributed by atoms with van der Waals surface area (Å²) in [4.78, 5) is 25.8. The summed E-state index contributed by atoms with van der Waals surface area (Å²) in [6.07, 6.45) is 2.08. The van der Waals surface area contributed by atoms with Crippen LogP contribution in [0.3, 0.4) is 0 Å². The van der Waals surface area contributed by atoms with Crippen LogP contribution in [0.25, 0.3) is 0 Å². The number of hydrogen-bond donors (Lipinski definition) is 1. The summed E-state index contributed by atoms with van der Waals surface area (Å²) in [5.41, 5.74) is 1.63. The molecule has 0 fully saturated rings. The van der Waals surface area contributed by atoms with Crippen molar-refractivity contribution in [2.24, 2.45) is 0 Å². The van der Waals surface area contributed by atoms with Gasteiger partial charge in [-0.1, -0.05) is 22.0 Å². The van der Waals surface area contributed by atoms with Gasteiger partial charge in [0.15, 0.2) is 6.04 Å². The van der Waals surface area contributed by atoms with Crippen molar-refractivity contribution in [3.05, 3.63) is 51.8 Å². The molecule has 24 heavy (non-hydrogen) atoms. The van der Waals surface area contributed by atoms with Gasteiger partial charge in [0.2, 0.25) is 0 Å². The number of amides is 1. The van der Waals surface area contributed by atoms with Crippen LogP contribution in [0.5, 0.6) is 0 Å². The Labute approximate surface area is 146 Å². The number of hydrogen-bond acceptors (Lipinski definition) is 3. The molecule has 0 bridgehead atoms. The molecule has 1 aromatic heterocycles. The highest BCUT2D eigenvalue weighted by Gasteiger charge is 2.37. The molecule has 0 spiro atoms. The largest absolute Gasteiger partial charge is 0.479 e. The number of carboxylic acid groups (broad SMARTS) is 1. The zero-order valence-corrected chi connectivity index (χ0v) is 14.2. The van der Waals surface area contributed by atoms with Gasteiger partial charge >= 0.3 is 5.97 Å². The van der Waals surface area contributed by atoms with Gasteiger partial charge in [0.1, 0.15) is 12.4 Å². The molecule has 0 aliphatic carbocycles. The summed E-state index contributed by atoms with van der Waals surface area (Å²) in [7, 11) is 0. The van der Waals surface area contributed by atoms with Gasteiger partial charge in [0, 0.05) is 17.2 Å². The molecule has 0 radical (unpaired) electrons. The summed E-state index contributed by atoms with van der Waals surface area (Å²) in [6, 6.07) is 5.87. The van der Waals surface area contributed by atoms with Crippen LogP contribution in [-0.4, -0.2) is 44.9 Å². The molecule has 1 aliphatic rings. The number of halogens is 2. The van der Waals surface area contributed by atoms with E-state index in [0.29, 0.717) is 18.5 Å². The van der Waals surface area contributed by atoms with E-state index < -0.39 is 24.6 Å². The van der Waals surface area contributed by atoms with E-state index in [4.69, 9.17) is 0 Å². The highest BCUT2D eigenvalue weighted by Crippen LogP contribution is 2.33. The minimum atomic E-state index is -1.09. The highest BCUT2D eigenvalue weighted by molar-refractivity contribution is 9.10. The van der Waals surface area contributed by atoms with E-state index in [-0.39, 0.29) is 12.2 Å². The Kier molecular flexibility index (Phi) is 4.66. The van der Waals surface area contributed by atoms with Crippen LogP contribution in [0.4, 0.5) is 4.39 Å². The number of aliphatic carboxylic acids is 1. The van der Waals surface area contributed by atoms with Gasteiger partial charge in [-0.05, 0) is 35.7 Å². The minimum Gasteiger partial charge on any atom is -0.479 e. The molecule has 1 amide bonds. The van der Waals surface area contributed by atoms with Crippen LogP contribution in [0.15, 0.2) is 34.9 Å². The Morgan fingerprint density at radius 3 is 2.88 bits per heavy atom. The molecule has 1 aromatic carbocycles. The lowest BCUT2D eigenvalue weighted by atomic mass is 9.92. The van der Waals surface area contributed by atoms with Crippen LogP contribution in [-0.2, 0) is 17.8 Å². The second-order valence-corrected chi connectivity index (χ2v) is 6.40. The summed E-state index contributed by atoms with van der Waals surface area (Å²) >= 11 is 3.34. The fourth-order valence-corrected chi connectivity index (χ4v) is 3.28. The van der Waals surface area contributed by atoms with Gasteiger partial charge in [0.25, 0.3) is 5.91 Å². The maximum atomic E-state index is 12.7. The number of nitrogens with zero attached hydrogens (tertiary/aromatic N) is 3. The number of alkyl halides is 1. The van der Waals surface area contributed by atoms with Crippen molar-refractivity contribution in [1.29, 1.82) is 0 Å². The van der Waals surface area contributed by atoms with Crippen LogP contribution >= 0.6 is 15.9 Å². The highest BCUT2D eigenvalue weighted by atomic mass is 79.9. The van der Waals surface area contributed by atoms with Crippen molar-refractivity contribution in [3.8, 4) is 0 Å². The fourth-order valence-electron chi connectivity index (χ4n) is 2.91. The van der Waals surface area contributed by atoms with Gasteiger partial charge in [-0.15, -0.1) is 0 Å². The molecule has 8 heteroatoms. The lowest BCUT2D eigenvalue weighted by molar-refractivity contribution is -0.143. The number of rotatable bonds is 4. The fraction of sp³-hybridized carbons (Fsp3) is 0.312. The molecule has 1 atom stereocenters. The van der Waals surface area contributed by atoms with Gasteiger partial charge in [-0.3, -0.25) is 9.48 Å². The number of aryl methyl sites for hydroxylation is 1. The molecule has 1 aliphatic heterocycles. The van der Waals surface area contributed by atoms with Gasteiger partial charge < -0.3 is 10.0 Å². The molecule has 1 N–H and O–H groups in total. The lowest BCUT2D eigenvalue weighted by Crippen LogP contribution is -2.43. The summed E-state index contributed by atoms with van der Waals surface area (Å²) in [5.74, 6) is -1.56. The third-order valence-electron chi connectivity index (χ3n) is 4.00. The molecule has 0 saturated heterocycles. The molecular weight excluding hydrogens is 381 g/mol. The van der Waals surface area contributed by atoms with Gasteiger partial charge in [-0.2, -0.15) is 5.10 Å². The number of carbonyl (C=O) groups excluding carboxylic acids is 1. The predicted molar refractivity (Wildman–Crippen MR) is 87.5 cm³/mol. The third kappa shape index (κ3) is 3.06. The van der Waals surface area contributed by atoms with Crippen molar-refractivity contribution in [2.45, 2.75) is 19.0 Å². The molecule has 3 rings (SSSR count).